The molecule has 1 atom stereocenters. The van der Waals surface area contributed by atoms with Gasteiger partial charge in [-0.3, -0.25) is 4.79 Å². The van der Waals surface area contributed by atoms with E-state index in [2.05, 4.69) is 22.3 Å². The van der Waals surface area contributed by atoms with Crippen LogP contribution in [-0.4, -0.2) is 27.3 Å². The number of carbonyl (C=O) groups is 1. The number of carboxylic acid groups (broad SMARTS) is 1. The third-order valence-corrected chi connectivity index (χ3v) is 4.64. The van der Waals surface area contributed by atoms with Gasteiger partial charge in [0.2, 0.25) is 11.8 Å². The van der Waals surface area contributed by atoms with Crippen LogP contribution in [-0.2, 0) is 11.2 Å². The number of benzene rings is 3. The van der Waals surface area contributed by atoms with Crippen molar-refractivity contribution < 1.29 is 14.3 Å². The summed E-state index contributed by atoms with van der Waals surface area (Å²) in [4.78, 5) is 10.9. The molecule has 3 N–H and O–H groups in total. The van der Waals surface area contributed by atoms with Gasteiger partial charge in [-0.05, 0) is 47.4 Å². The van der Waals surface area contributed by atoms with Gasteiger partial charge in [0.1, 0.15) is 6.04 Å². The quantitative estimate of drug-likeness (QED) is 0.520. The molecular formula is C23H19N3O3. The largest absolute Gasteiger partial charge is 0.480 e. The molecule has 0 bridgehead atoms. The molecule has 0 amide bonds. The molecular weight excluding hydrogens is 366 g/mol. The van der Waals surface area contributed by atoms with Crippen molar-refractivity contribution in [3.8, 4) is 34.0 Å². The van der Waals surface area contributed by atoms with Gasteiger partial charge in [-0.15, -0.1) is 10.2 Å². The predicted octanol–water partition coefficient (Wildman–Crippen LogP) is 4.03. The van der Waals surface area contributed by atoms with Crippen LogP contribution in [0.3, 0.4) is 0 Å². The topological polar surface area (TPSA) is 102 Å². The van der Waals surface area contributed by atoms with Crippen LogP contribution in [0.25, 0.3) is 34.0 Å². The third kappa shape index (κ3) is 4.23. The average Bonchev–Trinajstić information content (AvgIpc) is 3.25. The van der Waals surface area contributed by atoms with Gasteiger partial charge >= 0.3 is 5.97 Å². The van der Waals surface area contributed by atoms with Crippen LogP contribution < -0.4 is 5.73 Å². The highest BCUT2D eigenvalue weighted by molar-refractivity contribution is 5.73. The minimum Gasteiger partial charge on any atom is -0.480 e. The molecule has 3 aromatic carbocycles. The van der Waals surface area contributed by atoms with Crippen molar-refractivity contribution in [2.24, 2.45) is 5.73 Å². The lowest BCUT2D eigenvalue weighted by Crippen LogP contribution is -2.32. The van der Waals surface area contributed by atoms with Crippen LogP contribution >= 0.6 is 0 Å². The molecule has 0 aliphatic carbocycles. The Hall–Kier alpha value is -3.77. The standard InChI is InChI=1S/C23H19N3O3/c24-20(23(27)28)14-15-6-8-18(9-7-15)21-25-26-22(29-21)19-12-10-17(11-13-19)16-4-2-1-3-5-16/h1-13,20H,14,24H2,(H,27,28). The molecule has 0 spiro atoms. The number of aromatic nitrogens is 2. The summed E-state index contributed by atoms with van der Waals surface area (Å²) in [6, 6.07) is 24.4. The molecule has 144 valence electrons. The SMILES string of the molecule is NC(Cc1ccc(-c2nnc(-c3ccc(-c4ccccc4)cc3)o2)cc1)C(=O)O. The lowest BCUT2D eigenvalue weighted by molar-refractivity contribution is -0.138. The van der Waals surface area contributed by atoms with E-state index in [4.69, 9.17) is 15.3 Å². The third-order valence-electron chi connectivity index (χ3n) is 4.64. The highest BCUT2D eigenvalue weighted by Gasteiger charge is 2.14. The maximum atomic E-state index is 10.9. The molecule has 4 aromatic rings. The van der Waals surface area contributed by atoms with Crippen molar-refractivity contribution in [2.75, 3.05) is 0 Å². The number of hydrogen-bond donors (Lipinski definition) is 2. The van der Waals surface area contributed by atoms with Crippen LogP contribution in [0.4, 0.5) is 0 Å². The van der Waals surface area contributed by atoms with Crippen molar-refractivity contribution in [1.29, 1.82) is 0 Å². The van der Waals surface area contributed by atoms with Gasteiger partial charge in [-0.25, -0.2) is 0 Å². The van der Waals surface area contributed by atoms with Gasteiger partial charge in [0.05, 0.1) is 0 Å². The lowest BCUT2D eigenvalue weighted by Gasteiger charge is -2.06. The summed E-state index contributed by atoms with van der Waals surface area (Å²) in [6.07, 6.45) is 0.262. The van der Waals surface area contributed by atoms with Gasteiger partial charge in [-0.1, -0.05) is 54.6 Å². The molecule has 0 saturated heterocycles. The van der Waals surface area contributed by atoms with Crippen molar-refractivity contribution in [2.45, 2.75) is 12.5 Å². The first-order valence-corrected chi connectivity index (χ1v) is 9.17. The Morgan fingerprint density at radius 1 is 0.793 bits per heavy atom. The summed E-state index contributed by atoms with van der Waals surface area (Å²) >= 11 is 0. The van der Waals surface area contributed by atoms with Crippen LogP contribution in [0.2, 0.25) is 0 Å². The van der Waals surface area contributed by atoms with Gasteiger partial charge in [0.25, 0.3) is 0 Å². The van der Waals surface area contributed by atoms with Gasteiger partial charge in [0, 0.05) is 11.1 Å². The number of hydrogen-bond acceptors (Lipinski definition) is 5. The first-order chi connectivity index (χ1) is 14.1. The maximum absolute atomic E-state index is 10.9. The fourth-order valence-corrected chi connectivity index (χ4v) is 3.02. The number of rotatable bonds is 6. The Kier molecular flexibility index (Phi) is 5.18. The zero-order valence-corrected chi connectivity index (χ0v) is 15.5. The summed E-state index contributed by atoms with van der Waals surface area (Å²) in [5.74, 6) is -0.174. The lowest BCUT2D eigenvalue weighted by atomic mass is 10.0. The van der Waals surface area contributed by atoms with E-state index in [0.717, 1.165) is 27.8 Å². The Bertz CT molecular complexity index is 1100. The average molecular weight is 385 g/mol. The van der Waals surface area contributed by atoms with Crippen molar-refractivity contribution in [3.05, 3.63) is 84.4 Å². The number of nitrogens with zero attached hydrogens (tertiary/aromatic N) is 2. The molecule has 0 radical (unpaired) electrons. The molecule has 1 unspecified atom stereocenters. The van der Waals surface area contributed by atoms with Crippen molar-refractivity contribution in [3.63, 3.8) is 0 Å². The Labute approximate surface area is 167 Å². The summed E-state index contributed by atoms with van der Waals surface area (Å²) in [5.41, 5.74) is 10.3. The molecule has 0 aliphatic heterocycles. The van der Waals surface area contributed by atoms with Crippen LogP contribution in [0.5, 0.6) is 0 Å². The highest BCUT2D eigenvalue weighted by Crippen LogP contribution is 2.27. The van der Waals surface area contributed by atoms with E-state index in [1.807, 2.05) is 66.7 Å². The summed E-state index contributed by atoms with van der Waals surface area (Å²) < 4.78 is 5.82. The zero-order valence-electron chi connectivity index (χ0n) is 15.5. The second kappa shape index (κ2) is 8.08. The minimum atomic E-state index is -1.02. The Morgan fingerprint density at radius 2 is 1.28 bits per heavy atom. The molecule has 4 rings (SSSR count). The number of carboxylic acids is 1. The van der Waals surface area contributed by atoms with E-state index in [9.17, 15) is 4.79 Å². The second-order valence-electron chi connectivity index (χ2n) is 6.70. The van der Waals surface area contributed by atoms with Crippen molar-refractivity contribution >= 4 is 5.97 Å². The minimum absolute atomic E-state index is 0.262. The van der Waals surface area contributed by atoms with E-state index in [0.29, 0.717) is 11.8 Å². The van der Waals surface area contributed by atoms with E-state index in [1.54, 1.807) is 0 Å². The molecule has 6 nitrogen and oxygen atoms in total. The van der Waals surface area contributed by atoms with Gasteiger partial charge < -0.3 is 15.3 Å². The monoisotopic (exact) mass is 385 g/mol. The van der Waals surface area contributed by atoms with E-state index < -0.39 is 12.0 Å². The molecule has 29 heavy (non-hydrogen) atoms. The molecule has 0 saturated carbocycles. The fraction of sp³-hybridized carbons (Fsp3) is 0.0870. The van der Waals surface area contributed by atoms with Crippen LogP contribution in [0.1, 0.15) is 5.56 Å². The van der Waals surface area contributed by atoms with E-state index in [-0.39, 0.29) is 6.42 Å². The number of aliphatic carboxylic acids is 1. The molecule has 1 aromatic heterocycles. The smallest absolute Gasteiger partial charge is 0.320 e. The normalized spacial score (nSPS) is 11.9. The van der Waals surface area contributed by atoms with Crippen LogP contribution in [0.15, 0.2) is 83.3 Å². The first-order valence-electron chi connectivity index (χ1n) is 9.17. The molecule has 6 heteroatoms. The van der Waals surface area contributed by atoms with Gasteiger partial charge in [0.15, 0.2) is 0 Å². The molecule has 0 fully saturated rings. The highest BCUT2D eigenvalue weighted by atomic mass is 16.4. The Balaban J connectivity index is 1.50. The van der Waals surface area contributed by atoms with E-state index >= 15 is 0 Å². The van der Waals surface area contributed by atoms with Crippen molar-refractivity contribution in [1.82, 2.24) is 10.2 Å². The van der Waals surface area contributed by atoms with Crippen LogP contribution in [0, 0.1) is 0 Å². The summed E-state index contributed by atoms with van der Waals surface area (Å²) in [7, 11) is 0. The fourth-order valence-electron chi connectivity index (χ4n) is 3.02. The zero-order chi connectivity index (χ0) is 20.2. The summed E-state index contributed by atoms with van der Waals surface area (Å²) in [6.45, 7) is 0. The summed E-state index contributed by atoms with van der Waals surface area (Å²) in [5, 5.41) is 17.2. The van der Waals surface area contributed by atoms with Gasteiger partial charge in [-0.2, -0.15) is 0 Å². The number of nitrogens with two attached hydrogens (primary N) is 1. The maximum Gasteiger partial charge on any atom is 0.320 e. The molecule has 0 aliphatic rings. The predicted molar refractivity (Wildman–Crippen MR) is 110 cm³/mol. The van der Waals surface area contributed by atoms with E-state index in [1.165, 1.54) is 0 Å². The Morgan fingerprint density at radius 3 is 1.83 bits per heavy atom. The second-order valence-corrected chi connectivity index (χ2v) is 6.70. The molecule has 1 heterocycles. The first kappa shape index (κ1) is 18.6.